The molecule has 2 aromatic rings. The molecular formula is C38H46F4N4O5. The normalized spacial score (nSPS) is 29.2. The molecule has 51 heavy (non-hydrogen) atoms. The van der Waals surface area contributed by atoms with Gasteiger partial charge >= 0.3 is 12.1 Å². The molecule has 2 aromatic carbocycles. The molecule has 4 aliphatic rings. The number of carbonyl (C=O) groups is 2. The first-order chi connectivity index (χ1) is 24.4. The number of ether oxygens (including phenoxy) is 2. The van der Waals surface area contributed by atoms with E-state index in [1.165, 1.54) is 13.2 Å². The van der Waals surface area contributed by atoms with Crippen molar-refractivity contribution in [1.82, 2.24) is 9.80 Å². The summed E-state index contributed by atoms with van der Waals surface area (Å²) < 4.78 is 70.6. The quantitative estimate of drug-likeness (QED) is 0.238. The van der Waals surface area contributed by atoms with Crippen molar-refractivity contribution >= 4 is 17.6 Å². The van der Waals surface area contributed by atoms with Crippen LogP contribution in [0.3, 0.4) is 0 Å². The van der Waals surface area contributed by atoms with Crippen LogP contribution in [0.4, 0.5) is 23.2 Å². The molecule has 0 radical (unpaired) electrons. The SMILES string of the molecule is [C-]#[N+]C1CCC(N2C[C@@H](c3ccc(OC)cc3)[C@](F)(C(=O)N3C[C@H](c4ccc(C(F)(F)F)cc4N4CCC(C(=O)O)CC4)C[C@H]3COC)C2)CC1. The molecule has 4 fully saturated rings. The van der Waals surface area contributed by atoms with E-state index in [1.807, 2.05) is 4.90 Å². The summed E-state index contributed by atoms with van der Waals surface area (Å²) in [6.07, 6.45) is -0.618. The van der Waals surface area contributed by atoms with Gasteiger partial charge in [-0.3, -0.25) is 14.5 Å². The zero-order valence-electron chi connectivity index (χ0n) is 29.1. The largest absolute Gasteiger partial charge is 0.497 e. The molecule has 3 aliphatic heterocycles. The highest BCUT2D eigenvalue weighted by atomic mass is 19.4. The maximum absolute atomic E-state index is 17.9. The van der Waals surface area contributed by atoms with Gasteiger partial charge in [0.1, 0.15) is 5.75 Å². The van der Waals surface area contributed by atoms with E-state index in [9.17, 15) is 27.9 Å². The second kappa shape index (κ2) is 15.0. The monoisotopic (exact) mass is 714 g/mol. The summed E-state index contributed by atoms with van der Waals surface area (Å²) in [5, 5.41) is 9.50. The number of hydrogen-bond acceptors (Lipinski definition) is 6. The van der Waals surface area contributed by atoms with Gasteiger partial charge in [0, 0.05) is 76.2 Å². The van der Waals surface area contributed by atoms with E-state index in [1.54, 1.807) is 36.3 Å². The summed E-state index contributed by atoms with van der Waals surface area (Å²) in [7, 11) is 3.06. The molecule has 13 heteroatoms. The van der Waals surface area contributed by atoms with E-state index in [-0.39, 0.29) is 44.9 Å². The number of amides is 1. The number of nitrogens with zero attached hydrogens (tertiary/aromatic N) is 4. The lowest BCUT2D eigenvalue weighted by atomic mass is 9.85. The Kier molecular flexibility index (Phi) is 10.8. The fraction of sp³-hybridized carbons (Fsp3) is 0.605. The minimum absolute atomic E-state index is 0.0343. The summed E-state index contributed by atoms with van der Waals surface area (Å²) in [5.41, 5.74) is -1.41. The summed E-state index contributed by atoms with van der Waals surface area (Å²) in [5.74, 6) is -2.68. The van der Waals surface area contributed by atoms with Gasteiger partial charge in [0.05, 0.1) is 31.2 Å². The summed E-state index contributed by atoms with van der Waals surface area (Å²) in [6.45, 7) is 8.49. The molecule has 0 spiro atoms. The lowest BCUT2D eigenvalue weighted by Gasteiger charge is -2.35. The number of rotatable bonds is 9. The Hall–Kier alpha value is -3.89. The fourth-order valence-electron chi connectivity index (χ4n) is 8.79. The van der Waals surface area contributed by atoms with Crippen LogP contribution < -0.4 is 9.64 Å². The molecule has 3 saturated heterocycles. The highest BCUT2D eigenvalue weighted by molar-refractivity contribution is 5.88. The molecule has 9 nitrogen and oxygen atoms in total. The summed E-state index contributed by atoms with van der Waals surface area (Å²) >= 11 is 0. The Morgan fingerprint density at radius 2 is 1.69 bits per heavy atom. The number of likely N-dealkylation sites (tertiary alicyclic amines) is 2. The predicted octanol–water partition coefficient (Wildman–Crippen LogP) is 6.38. The van der Waals surface area contributed by atoms with Gasteiger partial charge in [-0.25, -0.2) is 11.0 Å². The van der Waals surface area contributed by atoms with Crippen LogP contribution in [0.2, 0.25) is 0 Å². The van der Waals surface area contributed by atoms with E-state index in [2.05, 4.69) is 9.74 Å². The number of aliphatic carboxylic acids is 1. The minimum atomic E-state index is -4.58. The molecule has 1 amide bonds. The number of benzene rings is 2. The van der Waals surface area contributed by atoms with E-state index < -0.39 is 53.1 Å². The van der Waals surface area contributed by atoms with Gasteiger partial charge in [0.25, 0.3) is 5.91 Å². The van der Waals surface area contributed by atoms with Gasteiger partial charge in [0.15, 0.2) is 0 Å². The predicted molar refractivity (Wildman–Crippen MR) is 183 cm³/mol. The molecule has 3 heterocycles. The van der Waals surface area contributed by atoms with Crippen molar-refractivity contribution in [1.29, 1.82) is 0 Å². The number of piperidine rings is 1. The van der Waals surface area contributed by atoms with Crippen molar-refractivity contribution in [3.8, 4) is 5.75 Å². The third-order valence-electron chi connectivity index (χ3n) is 11.7. The number of hydrogen-bond donors (Lipinski definition) is 1. The van der Waals surface area contributed by atoms with Crippen LogP contribution >= 0.6 is 0 Å². The molecule has 0 aromatic heterocycles. The molecule has 6 rings (SSSR count). The topological polar surface area (TPSA) is 86.9 Å². The third kappa shape index (κ3) is 7.54. The van der Waals surface area contributed by atoms with E-state index in [0.29, 0.717) is 48.4 Å². The van der Waals surface area contributed by atoms with Gasteiger partial charge in [-0.15, -0.1) is 0 Å². The van der Waals surface area contributed by atoms with Gasteiger partial charge in [-0.05, 0) is 67.5 Å². The van der Waals surface area contributed by atoms with Gasteiger partial charge in [-0.2, -0.15) is 13.2 Å². The maximum Gasteiger partial charge on any atom is 0.416 e. The second-order valence-corrected chi connectivity index (χ2v) is 14.6. The van der Waals surface area contributed by atoms with Gasteiger partial charge < -0.3 is 29.2 Å². The first-order valence-corrected chi connectivity index (χ1v) is 17.8. The molecule has 0 unspecified atom stereocenters. The van der Waals surface area contributed by atoms with Crippen LogP contribution in [0, 0.1) is 12.5 Å². The molecule has 1 N–H and O–H groups in total. The number of carbonyl (C=O) groups excluding carboxylic acids is 1. The molecular weight excluding hydrogens is 668 g/mol. The van der Waals surface area contributed by atoms with Crippen molar-refractivity contribution in [2.75, 3.05) is 58.5 Å². The zero-order valence-corrected chi connectivity index (χ0v) is 29.1. The number of carboxylic acids is 1. The Morgan fingerprint density at radius 1 is 1.00 bits per heavy atom. The van der Waals surface area contributed by atoms with Crippen molar-refractivity contribution in [3.05, 3.63) is 70.6 Å². The van der Waals surface area contributed by atoms with Crippen molar-refractivity contribution in [3.63, 3.8) is 0 Å². The number of halogens is 4. The Balaban J connectivity index is 1.31. The Labute approximate surface area is 296 Å². The number of methoxy groups -OCH3 is 2. The van der Waals surface area contributed by atoms with Crippen LogP contribution in [0.25, 0.3) is 4.85 Å². The molecule has 0 bridgehead atoms. The average molecular weight is 715 g/mol. The lowest BCUT2D eigenvalue weighted by Crippen LogP contribution is -2.53. The van der Waals surface area contributed by atoms with Crippen LogP contribution in [0.5, 0.6) is 5.75 Å². The average Bonchev–Trinajstić information content (AvgIpc) is 3.72. The second-order valence-electron chi connectivity index (χ2n) is 14.6. The van der Waals surface area contributed by atoms with E-state index in [0.717, 1.165) is 37.8 Å². The van der Waals surface area contributed by atoms with E-state index >= 15 is 4.39 Å². The van der Waals surface area contributed by atoms with Crippen LogP contribution in [-0.4, -0.2) is 104 Å². The smallest absolute Gasteiger partial charge is 0.416 e. The summed E-state index contributed by atoms with van der Waals surface area (Å²) in [6, 6.07) is 10.3. The first kappa shape index (κ1) is 36.9. The van der Waals surface area contributed by atoms with Crippen LogP contribution in [0.15, 0.2) is 42.5 Å². The first-order valence-electron chi connectivity index (χ1n) is 17.8. The highest BCUT2D eigenvalue weighted by Gasteiger charge is 2.58. The van der Waals surface area contributed by atoms with Crippen molar-refractivity contribution < 1.29 is 41.7 Å². The minimum Gasteiger partial charge on any atom is -0.497 e. The number of carboxylic acid groups (broad SMARTS) is 1. The zero-order chi connectivity index (χ0) is 36.5. The molecule has 276 valence electrons. The Morgan fingerprint density at radius 3 is 2.27 bits per heavy atom. The third-order valence-corrected chi connectivity index (χ3v) is 11.7. The fourth-order valence-corrected chi connectivity index (χ4v) is 8.79. The van der Waals surface area contributed by atoms with Crippen molar-refractivity contribution in [2.24, 2.45) is 5.92 Å². The molecule has 1 saturated carbocycles. The maximum atomic E-state index is 17.9. The van der Waals surface area contributed by atoms with Crippen LogP contribution in [0.1, 0.15) is 73.5 Å². The lowest BCUT2D eigenvalue weighted by molar-refractivity contribution is -0.146. The Bertz CT molecular complexity index is 1600. The van der Waals surface area contributed by atoms with Crippen LogP contribution in [-0.2, 0) is 20.5 Å². The van der Waals surface area contributed by atoms with Gasteiger partial charge in [0.2, 0.25) is 11.7 Å². The molecule has 4 atom stereocenters. The number of alkyl halides is 4. The standard InChI is InChI=1S/C38H46F4N4O5/c1-43-28-7-9-29(10-8-28)45-21-33(24-4-11-31(51-3)12-5-24)37(39,23-45)36(49)46-20-26(18-30(46)22-50-2)32-13-6-27(38(40,41)42)19-34(32)44-16-14-25(15-17-44)35(47)48/h4-6,11-13,19,25-26,28-30,33H,7-10,14-18,20-23H2,2-3H3,(H,47,48)/t26-,28?,29?,30+,33+,37+/m1/s1. The summed E-state index contributed by atoms with van der Waals surface area (Å²) in [4.78, 5) is 35.5. The highest BCUT2D eigenvalue weighted by Crippen LogP contribution is 2.47. The van der Waals surface area contributed by atoms with Gasteiger partial charge in [-0.1, -0.05) is 18.2 Å². The molecule has 1 aliphatic carbocycles. The number of anilines is 1. The van der Waals surface area contributed by atoms with Crippen molar-refractivity contribution in [2.45, 2.75) is 86.8 Å². The van der Waals surface area contributed by atoms with E-state index in [4.69, 9.17) is 16.0 Å².